The van der Waals surface area contributed by atoms with Crippen LogP contribution in [0.3, 0.4) is 0 Å². The number of rotatable bonds is 5. The number of hydrogen-bond donors (Lipinski definition) is 2. The van der Waals surface area contributed by atoms with Crippen molar-refractivity contribution in [2.24, 2.45) is 5.92 Å². The van der Waals surface area contributed by atoms with Gasteiger partial charge in [0, 0.05) is 11.9 Å². The highest BCUT2D eigenvalue weighted by Crippen LogP contribution is 2.29. The van der Waals surface area contributed by atoms with Gasteiger partial charge in [0.25, 0.3) is 11.5 Å². The van der Waals surface area contributed by atoms with E-state index in [2.05, 4.69) is 10.3 Å². The number of nitro groups is 1. The molecule has 0 saturated heterocycles. The first kappa shape index (κ1) is 18.5. The van der Waals surface area contributed by atoms with Crippen LogP contribution in [0, 0.1) is 16.0 Å². The van der Waals surface area contributed by atoms with E-state index < -0.39 is 27.7 Å². The highest BCUT2D eigenvalue weighted by Gasteiger charge is 2.24. The smallest absolute Gasteiger partial charge is 0.345 e. The van der Waals surface area contributed by atoms with Gasteiger partial charge in [0.05, 0.1) is 10.4 Å². The topological polar surface area (TPSA) is 127 Å². The Kier molecular flexibility index (Phi) is 4.91. The lowest BCUT2D eigenvalue weighted by Crippen LogP contribution is -2.31. The van der Waals surface area contributed by atoms with E-state index in [-0.39, 0.29) is 16.1 Å². The predicted molar refractivity (Wildman–Crippen MR) is 101 cm³/mol. The number of pyridine rings is 1. The van der Waals surface area contributed by atoms with E-state index in [1.54, 1.807) is 24.3 Å². The van der Waals surface area contributed by atoms with Crippen molar-refractivity contribution in [2.45, 2.75) is 20.4 Å². The number of aromatic nitrogens is 2. The van der Waals surface area contributed by atoms with Crippen LogP contribution in [0.2, 0.25) is 0 Å². The second-order valence-corrected chi connectivity index (χ2v) is 7.27. The minimum atomic E-state index is -0.870. The third-order valence-electron chi connectivity index (χ3n) is 3.81. The van der Waals surface area contributed by atoms with Crippen LogP contribution < -0.4 is 10.9 Å². The first-order valence-corrected chi connectivity index (χ1v) is 8.87. The molecule has 2 heterocycles. The second kappa shape index (κ2) is 7.16. The first-order valence-electron chi connectivity index (χ1n) is 8.05. The van der Waals surface area contributed by atoms with Crippen LogP contribution in [0.25, 0.3) is 10.9 Å². The fourth-order valence-electron chi connectivity index (χ4n) is 2.71. The maximum atomic E-state index is 12.9. The standard InChI is InChI=1S/C17H16N4O5S/c1-9(2)8-20-11-6-4-3-5-10(11)14(22)13(16(20)24)15(23)19-17-18-7-12(27-17)21(25)26/h3-7,9,22H,8H2,1-2H3,(H,18,19,23). The number of fused-ring (bicyclic) bond motifs is 1. The number of carbonyl (C=O) groups is 1. The summed E-state index contributed by atoms with van der Waals surface area (Å²) in [5.41, 5.74) is -0.536. The summed E-state index contributed by atoms with van der Waals surface area (Å²) in [6.07, 6.45) is 1.01. The summed E-state index contributed by atoms with van der Waals surface area (Å²) in [5, 5.41) is 23.7. The van der Waals surface area contributed by atoms with Crippen molar-refractivity contribution in [3.05, 3.63) is 56.5 Å². The summed E-state index contributed by atoms with van der Waals surface area (Å²) in [5.74, 6) is -1.17. The quantitative estimate of drug-likeness (QED) is 0.511. The first-order chi connectivity index (χ1) is 12.8. The molecule has 2 N–H and O–H groups in total. The largest absolute Gasteiger partial charge is 0.506 e. The zero-order valence-corrected chi connectivity index (χ0v) is 15.3. The molecule has 0 spiro atoms. The van der Waals surface area contributed by atoms with Crippen molar-refractivity contribution in [3.8, 4) is 5.75 Å². The van der Waals surface area contributed by atoms with Crippen LogP contribution in [-0.4, -0.2) is 25.5 Å². The van der Waals surface area contributed by atoms with E-state index >= 15 is 0 Å². The van der Waals surface area contributed by atoms with Gasteiger partial charge in [-0.15, -0.1) is 0 Å². The lowest BCUT2D eigenvalue weighted by molar-refractivity contribution is -0.380. The molecular formula is C17H16N4O5S. The molecule has 2 aromatic heterocycles. The minimum absolute atomic E-state index is 0.0333. The summed E-state index contributed by atoms with van der Waals surface area (Å²) in [6.45, 7) is 4.23. The molecule has 0 aliphatic carbocycles. The van der Waals surface area contributed by atoms with E-state index in [0.29, 0.717) is 28.8 Å². The van der Waals surface area contributed by atoms with Crippen molar-refractivity contribution in [3.63, 3.8) is 0 Å². The fraction of sp³-hybridized carbons (Fsp3) is 0.235. The van der Waals surface area contributed by atoms with Crippen molar-refractivity contribution in [1.82, 2.24) is 9.55 Å². The summed E-state index contributed by atoms with van der Waals surface area (Å²) >= 11 is 0.662. The number of para-hydroxylation sites is 1. The van der Waals surface area contributed by atoms with Crippen molar-refractivity contribution >= 4 is 38.3 Å². The highest BCUT2D eigenvalue weighted by molar-refractivity contribution is 7.18. The Balaban J connectivity index is 2.11. The third-order valence-corrected chi connectivity index (χ3v) is 4.68. The molecule has 0 unspecified atom stereocenters. The van der Waals surface area contributed by atoms with E-state index in [1.807, 2.05) is 13.8 Å². The number of nitrogens with zero attached hydrogens (tertiary/aromatic N) is 3. The van der Waals surface area contributed by atoms with Gasteiger partial charge in [0.2, 0.25) is 0 Å². The minimum Gasteiger partial charge on any atom is -0.506 e. The normalized spacial score (nSPS) is 11.1. The summed E-state index contributed by atoms with van der Waals surface area (Å²) in [4.78, 5) is 39.4. The van der Waals surface area contributed by atoms with E-state index in [4.69, 9.17) is 0 Å². The average Bonchev–Trinajstić information content (AvgIpc) is 3.07. The maximum absolute atomic E-state index is 12.9. The van der Waals surface area contributed by atoms with Gasteiger partial charge in [-0.25, -0.2) is 4.98 Å². The monoisotopic (exact) mass is 388 g/mol. The van der Waals surface area contributed by atoms with Gasteiger partial charge in [0.15, 0.2) is 5.13 Å². The zero-order chi connectivity index (χ0) is 19.7. The Hall–Kier alpha value is -3.27. The molecule has 1 aromatic carbocycles. The molecule has 9 nitrogen and oxygen atoms in total. The fourth-order valence-corrected chi connectivity index (χ4v) is 3.34. The predicted octanol–water partition coefficient (Wildman–Crippen LogP) is 2.98. The van der Waals surface area contributed by atoms with Crippen LogP contribution in [0.5, 0.6) is 5.75 Å². The van der Waals surface area contributed by atoms with Crippen LogP contribution in [0.4, 0.5) is 10.1 Å². The number of benzene rings is 1. The molecule has 27 heavy (non-hydrogen) atoms. The number of carbonyl (C=O) groups excluding carboxylic acids is 1. The second-order valence-electron chi connectivity index (χ2n) is 6.27. The Morgan fingerprint density at radius 2 is 2.11 bits per heavy atom. The van der Waals surface area contributed by atoms with Crippen molar-refractivity contribution < 1.29 is 14.8 Å². The van der Waals surface area contributed by atoms with E-state index in [1.165, 1.54) is 4.57 Å². The van der Waals surface area contributed by atoms with Crippen LogP contribution in [0.15, 0.2) is 35.3 Å². The van der Waals surface area contributed by atoms with Crippen LogP contribution in [-0.2, 0) is 6.54 Å². The number of aromatic hydroxyl groups is 1. The Labute approximate surface area is 157 Å². The van der Waals surface area contributed by atoms with Gasteiger partial charge >= 0.3 is 5.00 Å². The van der Waals surface area contributed by atoms with Gasteiger partial charge in [-0.2, -0.15) is 0 Å². The molecule has 0 fully saturated rings. The Morgan fingerprint density at radius 3 is 2.74 bits per heavy atom. The zero-order valence-electron chi connectivity index (χ0n) is 14.5. The van der Waals surface area contributed by atoms with Crippen molar-refractivity contribution in [2.75, 3.05) is 5.32 Å². The van der Waals surface area contributed by atoms with Crippen molar-refractivity contribution in [1.29, 1.82) is 0 Å². The van der Waals surface area contributed by atoms with E-state index in [9.17, 15) is 24.8 Å². The number of nitrogens with one attached hydrogen (secondary N) is 1. The Bertz CT molecular complexity index is 1100. The molecule has 140 valence electrons. The number of hydrogen-bond acceptors (Lipinski definition) is 7. The summed E-state index contributed by atoms with van der Waals surface area (Å²) < 4.78 is 1.44. The lowest BCUT2D eigenvalue weighted by atomic mass is 10.1. The molecule has 0 atom stereocenters. The molecule has 3 aromatic rings. The third kappa shape index (κ3) is 3.51. The molecule has 0 aliphatic rings. The SMILES string of the molecule is CC(C)Cn1c(=O)c(C(=O)Nc2ncc([N+](=O)[O-])s2)c(O)c2ccccc21. The van der Waals surface area contributed by atoms with Crippen LogP contribution in [0.1, 0.15) is 24.2 Å². The molecule has 0 radical (unpaired) electrons. The number of anilines is 1. The maximum Gasteiger partial charge on any atom is 0.345 e. The Morgan fingerprint density at radius 1 is 1.41 bits per heavy atom. The molecule has 10 heteroatoms. The molecule has 0 aliphatic heterocycles. The highest BCUT2D eigenvalue weighted by atomic mass is 32.1. The van der Waals surface area contributed by atoms with Crippen LogP contribution >= 0.6 is 11.3 Å². The molecule has 0 saturated carbocycles. The summed E-state index contributed by atoms with van der Waals surface area (Å²) in [6, 6.07) is 6.75. The summed E-state index contributed by atoms with van der Waals surface area (Å²) in [7, 11) is 0. The average molecular weight is 388 g/mol. The lowest BCUT2D eigenvalue weighted by Gasteiger charge is -2.16. The molecule has 0 bridgehead atoms. The number of amides is 1. The molecule has 3 rings (SSSR count). The van der Waals surface area contributed by atoms with Gasteiger partial charge < -0.3 is 9.67 Å². The van der Waals surface area contributed by atoms with Gasteiger partial charge in [-0.1, -0.05) is 26.0 Å². The van der Waals surface area contributed by atoms with Gasteiger partial charge in [-0.05, 0) is 29.4 Å². The van der Waals surface area contributed by atoms with Gasteiger partial charge in [0.1, 0.15) is 17.5 Å². The van der Waals surface area contributed by atoms with Gasteiger partial charge in [-0.3, -0.25) is 25.0 Å². The number of thiazole rings is 1. The molecular weight excluding hydrogens is 372 g/mol. The molecule has 1 amide bonds. The van der Waals surface area contributed by atoms with E-state index in [0.717, 1.165) is 6.20 Å².